The van der Waals surface area contributed by atoms with Gasteiger partial charge in [0.1, 0.15) is 18.0 Å². The first kappa shape index (κ1) is 16.4. The van der Waals surface area contributed by atoms with Gasteiger partial charge in [-0.2, -0.15) is 0 Å². The predicted octanol–water partition coefficient (Wildman–Crippen LogP) is 3.01. The van der Waals surface area contributed by atoms with Crippen LogP contribution in [-0.2, 0) is 11.3 Å². The molecule has 0 unspecified atom stereocenters. The summed E-state index contributed by atoms with van der Waals surface area (Å²) in [5, 5.41) is 6.31. The second kappa shape index (κ2) is 7.87. The Labute approximate surface area is 145 Å². The third kappa shape index (κ3) is 4.29. The molecule has 7 nitrogen and oxygen atoms in total. The Hall–Kier alpha value is -3.48. The number of anilines is 3. The van der Waals surface area contributed by atoms with Crippen LogP contribution in [0.2, 0.25) is 0 Å². The van der Waals surface area contributed by atoms with Crippen molar-refractivity contribution < 1.29 is 9.53 Å². The quantitative estimate of drug-likeness (QED) is 0.669. The number of nitrogens with zero attached hydrogens (tertiary/aromatic N) is 3. The van der Waals surface area contributed by atoms with E-state index < -0.39 is 5.97 Å². The van der Waals surface area contributed by atoms with Crippen molar-refractivity contribution in [1.29, 1.82) is 0 Å². The first-order valence-electron chi connectivity index (χ1n) is 7.66. The molecule has 25 heavy (non-hydrogen) atoms. The minimum absolute atomic E-state index is 0.411. The molecule has 126 valence electrons. The molecule has 7 heteroatoms. The molecule has 0 amide bonds. The number of ether oxygens (including phenoxy) is 1. The van der Waals surface area contributed by atoms with Crippen molar-refractivity contribution in [2.24, 2.45) is 0 Å². The normalized spacial score (nSPS) is 10.1. The van der Waals surface area contributed by atoms with Crippen LogP contribution in [0.5, 0.6) is 0 Å². The number of carbonyl (C=O) groups is 1. The van der Waals surface area contributed by atoms with E-state index in [1.807, 2.05) is 24.3 Å². The lowest BCUT2D eigenvalue weighted by Gasteiger charge is -2.11. The molecule has 0 saturated carbocycles. The fourth-order valence-electron chi connectivity index (χ4n) is 2.22. The molecule has 2 heterocycles. The first-order valence-corrected chi connectivity index (χ1v) is 7.66. The summed E-state index contributed by atoms with van der Waals surface area (Å²) >= 11 is 0. The second-order valence-electron chi connectivity index (χ2n) is 5.13. The summed E-state index contributed by atoms with van der Waals surface area (Å²) in [4.78, 5) is 24.5. The number of rotatable bonds is 6. The van der Waals surface area contributed by atoms with Crippen LogP contribution in [0.4, 0.5) is 17.3 Å². The molecule has 0 aliphatic carbocycles. The van der Waals surface area contributed by atoms with Crippen LogP contribution in [0.15, 0.2) is 61.1 Å². The van der Waals surface area contributed by atoms with Gasteiger partial charge in [-0.05, 0) is 24.3 Å². The lowest BCUT2D eigenvalue weighted by Crippen LogP contribution is -2.07. The van der Waals surface area contributed by atoms with Gasteiger partial charge in [0.15, 0.2) is 0 Å². The third-order valence-corrected chi connectivity index (χ3v) is 3.44. The minimum Gasteiger partial charge on any atom is -0.465 e. The number of methoxy groups -OCH3 is 1. The SMILES string of the molecule is COC(=O)c1ccccc1Nc1cc(NCc2ccccn2)ncn1. The van der Waals surface area contributed by atoms with E-state index in [-0.39, 0.29) is 0 Å². The molecule has 0 bridgehead atoms. The zero-order chi connectivity index (χ0) is 17.5. The van der Waals surface area contributed by atoms with Gasteiger partial charge >= 0.3 is 5.97 Å². The average molecular weight is 335 g/mol. The fraction of sp³-hybridized carbons (Fsp3) is 0.111. The lowest BCUT2D eigenvalue weighted by molar-refractivity contribution is 0.0602. The number of hydrogen-bond donors (Lipinski definition) is 2. The van der Waals surface area contributed by atoms with Crippen molar-refractivity contribution in [3.05, 3.63) is 72.3 Å². The zero-order valence-corrected chi connectivity index (χ0v) is 13.6. The zero-order valence-electron chi connectivity index (χ0n) is 13.6. The van der Waals surface area contributed by atoms with E-state index >= 15 is 0 Å². The molecule has 0 spiro atoms. The molecule has 0 fully saturated rings. The van der Waals surface area contributed by atoms with Crippen LogP contribution in [0.25, 0.3) is 0 Å². The van der Waals surface area contributed by atoms with E-state index in [1.165, 1.54) is 13.4 Å². The summed E-state index contributed by atoms with van der Waals surface area (Å²) in [6, 6.07) is 14.6. The van der Waals surface area contributed by atoms with E-state index in [4.69, 9.17) is 4.74 Å². The molecule has 2 N–H and O–H groups in total. The Bertz CT molecular complexity index is 855. The van der Waals surface area contributed by atoms with E-state index in [2.05, 4.69) is 25.6 Å². The number of hydrogen-bond acceptors (Lipinski definition) is 7. The average Bonchev–Trinajstić information content (AvgIpc) is 2.67. The lowest BCUT2D eigenvalue weighted by atomic mass is 10.2. The second-order valence-corrected chi connectivity index (χ2v) is 5.13. The van der Waals surface area contributed by atoms with Crippen LogP contribution < -0.4 is 10.6 Å². The van der Waals surface area contributed by atoms with Gasteiger partial charge in [0.2, 0.25) is 0 Å². The molecule has 2 aromatic heterocycles. The minimum atomic E-state index is -0.411. The van der Waals surface area contributed by atoms with Gasteiger partial charge in [0, 0.05) is 12.3 Å². The van der Waals surface area contributed by atoms with Gasteiger partial charge in [-0.25, -0.2) is 14.8 Å². The largest absolute Gasteiger partial charge is 0.465 e. The van der Waals surface area contributed by atoms with E-state index in [0.717, 1.165) is 5.69 Å². The molecule has 3 rings (SSSR count). The number of esters is 1. The Morgan fingerprint density at radius 3 is 2.64 bits per heavy atom. The molecular formula is C18H17N5O2. The van der Waals surface area contributed by atoms with Crippen LogP contribution in [-0.4, -0.2) is 28.0 Å². The summed E-state index contributed by atoms with van der Waals surface area (Å²) < 4.78 is 4.79. The van der Waals surface area contributed by atoms with Crippen LogP contribution in [0, 0.1) is 0 Å². The highest BCUT2D eigenvalue weighted by atomic mass is 16.5. The van der Waals surface area contributed by atoms with Gasteiger partial charge in [-0.15, -0.1) is 0 Å². The number of pyridine rings is 1. The van der Waals surface area contributed by atoms with Crippen molar-refractivity contribution in [3.8, 4) is 0 Å². The van der Waals surface area contributed by atoms with Gasteiger partial charge in [0.05, 0.1) is 30.6 Å². The van der Waals surface area contributed by atoms with Gasteiger partial charge in [-0.1, -0.05) is 18.2 Å². The molecule has 0 aliphatic rings. The predicted molar refractivity (Wildman–Crippen MR) is 94.7 cm³/mol. The molecule has 0 aliphatic heterocycles. The fourth-order valence-corrected chi connectivity index (χ4v) is 2.22. The third-order valence-electron chi connectivity index (χ3n) is 3.44. The monoisotopic (exact) mass is 335 g/mol. The maximum atomic E-state index is 11.8. The van der Waals surface area contributed by atoms with Gasteiger partial charge < -0.3 is 15.4 Å². The first-order chi connectivity index (χ1) is 12.3. The number of nitrogens with one attached hydrogen (secondary N) is 2. The van der Waals surface area contributed by atoms with Gasteiger partial charge in [-0.3, -0.25) is 4.98 Å². The summed E-state index contributed by atoms with van der Waals surface area (Å²) in [5.74, 6) is 0.805. The molecular weight excluding hydrogens is 318 g/mol. The van der Waals surface area contributed by atoms with Crippen LogP contribution >= 0.6 is 0 Å². The Morgan fingerprint density at radius 1 is 1.04 bits per heavy atom. The molecule has 1 aromatic carbocycles. The Morgan fingerprint density at radius 2 is 1.84 bits per heavy atom. The summed E-state index contributed by atoms with van der Waals surface area (Å²) in [6.07, 6.45) is 3.19. The smallest absolute Gasteiger partial charge is 0.339 e. The Kier molecular flexibility index (Phi) is 5.16. The van der Waals surface area contributed by atoms with E-state index in [1.54, 1.807) is 30.5 Å². The Balaban J connectivity index is 1.73. The van der Waals surface area contributed by atoms with Crippen molar-refractivity contribution in [2.45, 2.75) is 6.54 Å². The molecule has 0 saturated heterocycles. The van der Waals surface area contributed by atoms with Crippen molar-refractivity contribution >= 4 is 23.3 Å². The number of carbonyl (C=O) groups excluding carboxylic acids is 1. The number of para-hydroxylation sites is 1. The van der Waals surface area contributed by atoms with Crippen LogP contribution in [0.3, 0.4) is 0 Å². The van der Waals surface area contributed by atoms with Crippen molar-refractivity contribution in [3.63, 3.8) is 0 Å². The highest BCUT2D eigenvalue weighted by Crippen LogP contribution is 2.21. The highest BCUT2D eigenvalue weighted by molar-refractivity contribution is 5.96. The number of aromatic nitrogens is 3. The van der Waals surface area contributed by atoms with Crippen molar-refractivity contribution in [1.82, 2.24) is 15.0 Å². The van der Waals surface area contributed by atoms with Gasteiger partial charge in [0.25, 0.3) is 0 Å². The van der Waals surface area contributed by atoms with E-state index in [0.29, 0.717) is 29.4 Å². The summed E-state index contributed by atoms with van der Waals surface area (Å²) in [7, 11) is 1.35. The topological polar surface area (TPSA) is 89.0 Å². The van der Waals surface area contributed by atoms with Crippen LogP contribution in [0.1, 0.15) is 16.1 Å². The maximum absolute atomic E-state index is 11.8. The highest BCUT2D eigenvalue weighted by Gasteiger charge is 2.11. The summed E-state index contributed by atoms with van der Waals surface area (Å²) in [6.45, 7) is 0.552. The van der Waals surface area contributed by atoms with Crippen molar-refractivity contribution in [2.75, 3.05) is 17.7 Å². The standard InChI is InChI=1S/C18H17N5O2/c1-25-18(24)14-7-2-3-8-15(14)23-17-10-16(21-12-22-17)20-11-13-6-4-5-9-19-13/h2-10,12H,11H2,1H3,(H2,20,21,22,23). The number of benzene rings is 1. The molecule has 3 aromatic rings. The summed E-state index contributed by atoms with van der Waals surface area (Å²) in [5.41, 5.74) is 1.96. The van der Waals surface area contributed by atoms with E-state index in [9.17, 15) is 4.79 Å². The molecule has 0 radical (unpaired) electrons. The maximum Gasteiger partial charge on any atom is 0.339 e. The molecule has 0 atom stereocenters.